The number of carbonyl (C=O) groups is 1. The molecular weight excluding hydrogens is 402 g/mol. The SMILES string of the molecule is Cc1cccc2c1N(C)c1nc(Nc3ccc(S(C)(=O)=O)cc3)ncc1N(C)C2=O. The number of amides is 1. The van der Waals surface area contributed by atoms with E-state index in [1.807, 2.05) is 31.0 Å². The lowest BCUT2D eigenvalue weighted by atomic mass is 10.1. The second-order valence-electron chi connectivity index (χ2n) is 7.22. The molecule has 1 aliphatic rings. The van der Waals surface area contributed by atoms with Gasteiger partial charge in [-0.3, -0.25) is 4.79 Å². The van der Waals surface area contributed by atoms with Gasteiger partial charge in [0.2, 0.25) is 5.95 Å². The van der Waals surface area contributed by atoms with E-state index < -0.39 is 9.84 Å². The smallest absolute Gasteiger partial charge is 0.260 e. The maximum atomic E-state index is 13.0. The molecule has 0 saturated heterocycles. The van der Waals surface area contributed by atoms with Crippen LogP contribution >= 0.6 is 0 Å². The van der Waals surface area contributed by atoms with Crippen molar-refractivity contribution in [3.63, 3.8) is 0 Å². The summed E-state index contributed by atoms with van der Waals surface area (Å²) < 4.78 is 23.3. The third-order valence-electron chi connectivity index (χ3n) is 5.08. The quantitative estimate of drug-likeness (QED) is 0.691. The van der Waals surface area contributed by atoms with Crippen LogP contribution < -0.4 is 15.1 Å². The number of benzene rings is 2. The number of sulfone groups is 1. The Labute approximate surface area is 175 Å². The highest BCUT2D eigenvalue weighted by atomic mass is 32.2. The van der Waals surface area contributed by atoms with Crippen LogP contribution in [0.25, 0.3) is 0 Å². The van der Waals surface area contributed by atoms with Crippen molar-refractivity contribution < 1.29 is 13.2 Å². The standard InChI is InChI=1S/C21H21N5O3S/c1-13-6-5-7-16-18(13)26(3)19-17(25(2)20(16)27)12-22-21(24-19)23-14-8-10-15(11-9-14)30(4,28)29/h5-12H,1-4H3,(H,22,23,24). The molecule has 30 heavy (non-hydrogen) atoms. The molecule has 0 atom stereocenters. The maximum Gasteiger partial charge on any atom is 0.260 e. The molecule has 0 unspecified atom stereocenters. The van der Waals surface area contributed by atoms with Crippen molar-refractivity contribution in [1.29, 1.82) is 0 Å². The van der Waals surface area contributed by atoms with Crippen LogP contribution in [0.3, 0.4) is 0 Å². The zero-order valence-electron chi connectivity index (χ0n) is 17.0. The minimum atomic E-state index is -3.26. The largest absolute Gasteiger partial charge is 0.327 e. The van der Waals surface area contributed by atoms with E-state index in [1.165, 1.54) is 18.4 Å². The summed E-state index contributed by atoms with van der Waals surface area (Å²) in [6.07, 6.45) is 2.77. The van der Waals surface area contributed by atoms with Crippen LogP contribution in [0.5, 0.6) is 0 Å². The molecule has 1 amide bonds. The lowest BCUT2D eigenvalue weighted by Crippen LogP contribution is -2.25. The van der Waals surface area contributed by atoms with E-state index in [0.717, 1.165) is 11.3 Å². The Bertz CT molecular complexity index is 1260. The minimum Gasteiger partial charge on any atom is -0.327 e. The van der Waals surface area contributed by atoms with Gasteiger partial charge in [-0.1, -0.05) is 12.1 Å². The highest BCUT2D eigenvalue weighted by Gasteiger charge is 2.29. The van der Waals surface area contributed by atoms with Gasteiger partial charge in [0.15, 0.2) is 15.7 Å². The fraction of sp³-hybridized carbons (Fsp3) is 0.190. The molecule has 0 fully saturated rings. The van der Waals surface area contributed by atoms with Gasteiger partial charge in [-0.05, 0) is 42.8 Å². The molecule has 154 valence electrons. The van der Waals surface area contributed by atoms with Crippen LogP contribution in [0.2, 0.25) is 0 Å². The third-order valence-corrected chi connectivity index (χ3v) is 6.20. The predicted octanol–water partition coefficient (Wildman–Crippen LogP) is 3.29. The summed E-state index contributed by atoms with van der Waals surface area (Å²) in [4.78, 5) is 25.6. The van der Waals surface area contributed by atoms with Crippen molar-refractivity contribution in [2.75, 3.05) is 35.5 Å². The van der Waals surface area contributed by atoms with Crippen molar-refractivity contribution in [3.8, 4) is 0 Å². The Morgan fingerprint density at radius 3 is 2.37 bits per heavy atom. The lowest BCUT2D eigenvalue weighted by Gasteiger charge is -2.22. The number of nitrogens with one attached hydrogen (secondary N) is 1. The van der Waals surface area contributed by atoms with E-state index in [2.05, 4.69) is 15.3 Å². The number of aromatic nitrogens is 2. The molecular formula is C21H21N5O3S. The average Bonchev–Trinajstić information content (AvgIpc) is 2.78. The summed E-state index contributed by atoms with van der Waals surface area (Å²) in [5, 5.41) is 3.09. The van der Waals surface area contributed by atoms with Crippen LogP contribution in [-0.2, 0) is 9.84 Å². The van der Waals surface area contributed by atoms with Crippen LogP contribution in [-0.4, -0.2) is 44.6 Å². The molecule has 0 bridgehead atoms. The maximum absolute atomic E-state index is 13.0. The Hall–Kier alpha value is -3.46. The predicted molar refractivity (Wildman–Crippen MR) is 117 cm³/mol. The van der Waals surface area contributed by atoms with Gasteiger partial charge in [-0.2, -0.15) is 4.98 Å². The minimum absolute atomic E-state index is 0.125. The van der Waals surface area contributed by atoms with Crippen LogP contribution in [0, 0.1) is 6.92 Å². The Morgan fingerprint density at radius 1 is 1.00 bits per heavy atom. The summed E-state index contributed by atoms with van der Waals surface area (Å²) >= 11 is 0. The molecule has 9 heteroatoms. The summed E-state index contributed by atoms with van der Waals surface area (Å²) in [5.74, 6) is 0.801. The summed E-state index contributed by atoms with van der Waals surface area (Å²) in [6, 6.07) is 12.0. The Morgan fingerprint density at radius 2 is 1.70 bits per heavy atom. The first-order valence-corrected chi connectivity index (χ1v) is 11.1. The van der Waals surface area contributed by atoms with Crippen LogP contribution in [0.15, 0.2) is 53.6 Å². The highest BCUT2D eigenvalue weighted by molar-refractivity contribution is 7.90. The van der Waals surface area contributed by atoms with E-state index in [9.17, 15) is 13.2 Å². The second-order valence-corrected chi connectivity index (χ2v) is 9.23. The highest BCUT2D eigenvalue weighted by Crippen LogP contribution is 2.39. The van der Waals surface area contributed by atoms with Gasteiger partial charge in [0, 0.05) is 26.0 Å². The van der Waals surface area contributed by atoms with E-state index in [4.69, 9.17) is 0 Å². The number of para-hydroxylation sites is 1. The number of nitrogens with zero attached hydrogens (tertiary/aromatic N) is 4. The zero-order chi connectivity index (χ0) is 21.6. The van der Waals surface area contributed by atoms with Gasteiger partial charge in [0.25, 0.3) is 5.91 Å². The number of anilines is 5. The summed E-state index contributed by atoms with van der Waals surface area (Å²) in [6.45, 7) is 1.96. The molecule has 1 N–H and O–H groups in total. The topological polar surface area (TPSA) is 95.5 Å². The van der Waals surface area contributed by atoms with E-state index in [0.29, 0.717) is 28.7 Å². The number of rotatable bonds is 3. The van der Waals surface area contributed by atoms with Crippen molar-refractivity contribution in [2.45, 2.75) is 11.8 Å². The van der Waals surface area contributed by atoms with Gasteiger partial charge in [0.05, 0.1) is 22.3 Å². The molecule has 0 aliphatic carbocycles. The van der Waals surface area contributed by atoms with Crippen molar-refractivity contribution in [1.82, 2.24) is 9.97 Å². The number of aryl methyl sites for hydroxylation is 1. The second kappa shape index (κ2) is 7.10. The van der Waals surface area contributed by atoms with Gasteiger partial charge in [0.1, 0.15) is 5.69 Å². The summed E-state index contributed by atoms with van der Waals surface area (Å²) in [5.41, 5.74) is 3.61. The van der Waals surface area contributed by atoms with Crippen LogP contribution in [0.4, 0.5) is 28.8 Å². The first-order valence-electron chi connectivity index (χ1n) is 9.22. The third kappa shape index (κ3) is 3.37. The molecule has 1 aromatic heterocycles. The summed E-state index contributed by atoms with van der Waals surface area (Å²) in [7, 11) is 0.308. The molecule has 4 rings (SSSR count). The fourth-order valence-corrected chi connectivity index (χ4v) is 4.13. The van der Waals surface area contributed by atoms with E-state index >= 15 is 0 Å². The molecule has 2 heterocycles. The van der Waals surface area contributed by atoms with Crippen molar-refractivity contribution >= 4 is 44.6 Å². The molecule has 3 aromatic rings. The molecule has 1 aliphatic heterocycles. The monoisotopic (exact) mass is 423 g/mol. The first-order chi connectivity index (χ1) is 14.2. The number of carbonyl (C=O) groups excluding carboxylic acids is 1. The number of hydrogen-bond donors (Lipinski definition) is 1. The van der Waals surface area contributed by atoms with Gasteiger partial charge >= 0.3 is 0 Å². The normalized spacial score (nSPS) is 13.5. The zero-order valence-corrected chi connectivity index (χ0v) is 17.9. The average molecular weight is 423 g/mol. The Balaban J connectivity index is 1.74. The molecule has 8 nitrogen and oxygen atoms in total. The van der Waals surface area contributed by atoms with Gasteiger partial charge in [-0.15, -0.1) is 0 Å². The van der Waals surface area contributed by atoms with Crippen molar-refractivity contribution in [3.05, 3.63) is 59.8 Å². The van der Waals surface area contributed by atoms with Crippen molar-refractivity contribution in [2.24, 2.45) is 0 Å². The van der Waals surface area contributed by atoms with Gasteiger partial charge in [-0.25, -0.2) is 13.4 Å². The molecule has 0 spiro atoms. The van der Waals surface area contributed by atoms with E-state index in [-0.39, 0.29) is 10.8 Å². The molecule has 2 aromatic carbocycles. The number of fused-ring (bicyclic) bond motifs is 2. The number of hydrogen-bond acceptors (Lipinski definition) is 7. The van der Waals surface area contributed by atoms with E-state index in [1.54, 1.807) is 36.3 Å². The first kappa shape index (κ1) is 19.8. The lowest BCUT2D eigenvalue weighted by molar-refractivity contribution is 0.0994. The molecule has 0 saturated carbocycles. The Kier molecular flexibility index (Phi) is 4.70. The van der Waals surface area contributed by atoms with Gasteiger partial charge < -0.3 is 15.1 Å². The fourth-order valence-electron chi connectivity index (χ4n) is 3.50. The molecule has 0 radical (unpaired) electrons. The van der Waals surface area contributed by atoms with Crippen LogP contribution in [0.1, 0.15) is 15.9 Å².